The van der Waals surface area contributed by atoms with Gasteiger partial charge in [-0.05, 0) is 48.4 Å². The average molecular weight is 464 g/mol. The number of carbonyl (C=O) groups excluding carboxylic acids is 2. The molecule has 0 spiro atoms. The van der Waals surface area contributed by atoms with Crippen LogP contribution in [0.4, 0.5) is 21.9 Å². The van der Waals surface area contributed by atoms with Crippen LogP contribution in [-0.4, -0.2) is 29.6 Å². The molecule has 3 aromatic carbocycles. The van der Waals surface area contributed by atoms with Crippen molar-refractivity contribution in [2.45, 2.75) is 27.2 Å². The summed E-state index contributed by atoms with van der Waals surface area (Å²) in [4.78, 5) is 35.3. The van der Waals surface area contributed by atoms with Gasteiger partial charge in [0.15, 0.2) is 6.61 Å². The van der Waals surface area contributed by atoms with Gasteiger partial charge in [0, 0.05) is 11.4 Å². The van der Waals surface area contributed by atoms with Gasteiger partial charge in [0.05, 0.1) is 12.1 Å². The average Bonchev–Trinajstić information content (AvgIpc) is 2.82. The Kier molecular flexibility index (Phi) is 10.1. The summed E-state index contributed by atoms with van der Waals surface area (Å²) in [6.45, 7) is 5.41. The fraction of sp³-hybridized carbons (Fsp3) is 0.192. The number of urea groups is 1. The number of carboxylic acids is 1. The highest BCUT2D eigenvalue weighted by Crippen LogP contribution is 2.24. The number of nitrogens with one attached hydrogen (secondary N) is 3. The second-order valence-corrected chi connectivity index (χ2v) is 6.99. The van der Waals surface area contributed by atoms with Gasteiger partial charge in [-0.15, -0.1) is 0 Å². The molecule has 3 rings (SSSR count). The van der Waals surface area contributed by atoms with Crippen LogP contribution in [0.3, 0.4) is 0 Å². The number of carboxylic acid groups (broad SMARTS) is 1. The van der Waals surface area contributed by atoms with Crippen LogP contribution in [0.5, 0.6) is 5.75 Å². The van der Waals surface area contributed by atoms with E-state index in [0.717, 1.165) is 16.8 Å². The smallest absolute Gasteiger partial charge is 0.341 e. The molecule has 0 aliphatic carbocycles. The Morgan fingerprint density at radius 1 is 0.794 bits per heavy atom. The van der Waals surface area contributed by atoms with Crippen molar-refractivity contribution >= 4 is 35.0 Å². The molecule has 0 atom stereocenters. The molecule has 3 amide bonds. The molecule has 0 aliphatic rings. The lowest BCUT2D eigenvalue weighted by Crippen LogP contribution is -2.20. The van der Waals surface area contributed by atoms with Crippen LogP contribution in [0.15, 0.2) is 72.8 Å². The molecule has 0 saturated carbocycles. The number of para-hydroxylation sites is 3. The van der Waals surface area contributed by atoms with Gasteiger partial charge in [-0.1, -0.05) is 56.3 Å². The molecule has 8 nitrogen and oxygen atoms in total. The molecule has 178 valence electrons. The second kappa shape index (κ2) is 13.3. The number of anilines is 3. The van der Waals surface area contributed by atoms with Gasteiger partial charge in [0.25, 0.3) is 0 Å². The Hall–Kier alpha value is -4.33. The summed E-state index contributed by atoms with van der Waals surface area (Å²) in [7, 11) is 0. The first kappa shape index (κ1) is 25.9. The predicted octanol–water partition coefficient (Wildman–Crippen LogP) is 5.31. The van der Waals surface area contributed by atoms with Crippen LogP contribution >= 0.6 is 0 Å². The quantitative estimate of drug-likeness (QED) is 0.361. The summed E-state index contributed by atoms with van der Waals surface area (Å²) in [5.74, 6) is -1.11. The Labute approximate surface area is 199 Å². The highest BCUT2D eigenvalue weighted by Gasteiger charge is 2.10. The number of rotatable bonds is 8. The number of hydrogen-bond donors (Lipinski definition) is 4. The maximum Gasteiger partial charge on any atom is 0.341 e. The van der Waals surface area contributed by atoms with Crippen LogP contribution in [0.25, 0.3) is 0 Å². The predicted molar refractivity (Wildman–Crippen MR) is 134 cm³/mol. The van der Waals surface area contributed by atoms with E-state index in [1.165, 1.54) is 0 Å². The second-order valence-electron chi connectivity index (χ2n) is 6.99. The highest BCUT2D eigenvalue weighted by molar-refractivity contribution is 6.00. The van der Waals surface area contributed by atoms with Gasteiger partial charge in [0.2, 0.25) is 5.91 Å². The topological polar surface area (TPSA) is 117 Å². The molecule has 4 N–H and O–H groups in total. The first-order chi connectivity index (χ1) is 16.4. The number of ether oxygens (including phenoxy) is 1. The fourth-order valence-corrected chi connectivity index (χ4v) is 2.92. The monoisotopic (exact) mass is 463 g/mol. The standard InChI is InChI=1S/C24H23N3O5.C2H6/c1-16-6-2-3-7-19(16)27-24(31)25-18-12-10-17(11-13-18)14-22(28)26-20-8-4-5-9-21(20)32-15-23(29)30;1-2/h2-13H,14-15H2,1H3,(H,26,28)(H,29,30)(H2,25,27,31);1-2H3. The molecule has 0 unspecified atom stereocenters. The van der Waals surface area contributed by atoms with Gasteiger partial charge >= 0.3 is 12.0 Å². The van der Waals surface area contributed by atoms with Gasteiger partial charge in [-0.3, -0.25) is 4.79 Å². The molecule has 0 heterocycles. The van der Waals surface area contributed by atoms with Crippen molar-refractivity contribution in [2.24, 2.45) is 0 Å². The van der Waals surface area contributed by atoms with Crippen molar-refractivity contribution in [1.29, 1.82) is 0 Å². The zero-order chi connectivity index (χ0) is 24.9. The normalized spacial score (nSPS) is 9.74. The SMILES string of the molecule is CC.Cc1ccccc1NC(=O)Nc1ccc(CC(=O)Nc2ccccc2OCC(=O)O)cc1. The van der Waals surface area contributed by atoms with Gasteiger partial charge < -0.3 is 25.8 Å². The third-order valence-corrected chi connectivity index (χ3v) is 4.48. The molecular formula is C26H29N3O5. The van der Waals surface area contributed by atoms with Crippen LogP contribution < -0.4 is 20.7 Å². The van der Waals surface area contributed by atoms with Gasteiger partial charge in [-0.25, -0.2) is 9.59 Å². The highest BCUT2D eigenvalue weighted by atomic mass is 16.5. The van der Waals surface area contributed by atoms with Gasteiger partial charge in [-0.2, -0.15) is 0 Å². The lowest BCUT2D eigenvalue weighted by molar-refractivity contribution is -0.139. The van der Waals surface area contributed by atoms with E-state index in [1.807, 2.05) is 45.0 Å². The molecule has 0 aromatic heterocycles. The third-order valence-electron chi connectivity index (χ3n) is 4.48. The van der Waals surface area contributed by atoms with Crippen LogP contribution in [0, 0.1) is 6.92 Å². The van der Waals surface area contributed by atoms with E-state index in [0.29, 0.717) is 11.4 Å². The number of amides is 3. The van der Waals surface area contributed by atoms with Crippen molar-refractivity contribution in [3.8, 4) is 5.75 Å². The first-order valence-electron chi connectivity index (χ1n) is 10.9. The number of carbonyl (C=O) groups is 3. The maximum atomic E-state index is 12.4. The summed E-state index contributed by atoms with van der Waals surface area (Å²) < 4.78 is 5.19. The fourth-order valence-electron chi connectivity index (χ4n) is 2.92. The van der Waals surface area contributed by atoms with Crippen LogP contribution in [0.2, 0.25) is 0 Å². The van der Waals surface area contributed by atoms with Crippen LogP contribution in [-0.2, 0) is 16.0 Å². The van der Waals surface area contributed by atoms with Crippen molar-refractivity contribution < 1.29 is 24.2 Å². The number of hydrogen-bond acceptors (Lipinski definition) is 4. The van der Waals surface area contributed by atoms with E-state index in [1.54, 1.807) is 48.5 Å². The maximum absolute atomic E-state index is 12.4. The van der Waals surface area contributed by atoms with E-state index >= 15 is 0 Å². The Bertz CT molecular complexity index is 1110. The summed E-state index contributed by atoms with van der Waals surface area (Å²) in [6.07, 6.45) is 0.100. The molecule has 0 aliphatic heterocycles. The molecule has 34 heavy (non-hydrogen) atoms. The Morgan fingerprint density at radius 3 is 2.06 bits per heavy atom. The summed E-state index contributed by atoms with van der Waals surface area (Å²) >= 11 is 0. The molecule has 0 saturated heterocycles. The van der Waals surface area contributed by atoms with Crippen molar-refractivity contribution in [3.63, 3.8) is 0 Å². The summed E-state index contributed by atoms with van der Waals surface area (Å²) in [5.41, 5.74) is 3.42. The Morgan fingerprint density at radius 2 is 1.41 bits per heavy atom. The van der Waals surface area contributed by atoms with Crippen molar-refractivity contribution in [2.75, 3.05) is 22.6 Å². The van der Waals surface area contributed by atoms with Crippen molar-refractivity contribution in [3.05, 3.63) is 83.9 Å². The van der Waals surface area contributed by atoms with E-state index in [-0.39, 0.29) is 24.1 Å². The summed E-state index contributed by atoms with van der Waals surface area (Å²) in [6, 6.07) is 20.7. The minimum Gasteiger partial charge on any atom is -0.480 e. The number of benzene rings is 3. The van der Waals surface area contributed by atoms with E-state index in [9.17, 15) is 14.4 Å². The lowest BCUT2D eigenvalue weighted by atomic mass is 10.1. The minimum atomic E-state index is -1.10. The third kappa shape index (κ3) is 8.31. The Balaban J connectivity index is 0.00000199. The number of aryl methyl sites for hydroxylation is 1. The zero-order valence-corrected chi connectivity index (χ0v) is 19.4. The minimum absolute atomic E-state index is 0.100. The first-order valence-corrected chi connectivity index (χ1v) is 10.9. The van der Waals surface area contributed by atoms with Crippen molar-refractivity contribution in [1.82, 2.24) is 0 Å². The van der Waals surface area contributed by atoms with E-state index < -0.39 is 12.6 Å². The lowest BCUT2D eigenvalue weighted by Gasteiger charge is -2.12. The molecule has 0 radical (unpaired) electrons. The van der Waals surface area contributed by atoms with E-state index in [4.69, 9.17) is 9.84 Å². The van der Waals surface area contributed by atoms with Crippen LogP contribution in [0.1, 0.15) is 25.0 Å². The molecular weight excluding hydrogens is 434 g/mol. The molecule has 3 aromatic rings. The molecule has 0 bridgehead atoms. The molecule has 8 heteroatoms. The largest absolute Gasteiger partial charge is 0.480 e. The molecule has 0 fully saturated rings. The van der Waals surface area contributed by atoms with E-state index in [2.05, 4.69) is 16.0 Å². The zero-order valence-electron chi connectivity index (χ0n) is 19.4. The summed E-state index contributed by atoms with van der Waals surface area (Å²) in [5, 5.41) is 17.0. The van der Waals surface area contributed by atoms with Gasteiger partial charge in [0.1, 0.15) is 5.75 Å². The number of aliphatic carboxylic acids is 1.